The highest BCUT2D eigenvalue weighted by atomic mass is 16.2. The van der Waals surface area contributed by atoms with Gasteiger partial charge < -0.3 is 10.6 Å². The summed E-state index contributed by atoms with van der Waals surface area (Å²) in [6.45, 7) is 0.774. The molecular formula is C16H18N6O. The molecule has 1 aromatic carbocycles. The molecule has 0 radical (unpaired) electrons. The molecule has 7 nitrogen and oxygen atoms in total. The Labute approximate surface area is 134 Å². The van der Waals surface area contributed by atoms with E-state index < -0.39 is 0 Å². The van der Waals surface area contributed by atoms with Crippen molar-refractivity contribution in [1.29, 1.82) is 10.7 Å². The number of amidine groups is 1. The number of benzene rings is 1. The van der Waals surface area contributed by atoms with Gasteiger partial charge in [0, 0.05) is 18.2 Å². The quantitative estimate of drug-likeness (QED) is 0.444. The summed E-state index contributed by atoms with van der Waals surface area (Å²) >= 11 is 0. The van der Waals surface area contributed by atoms with Crippen molar-refractivity contribution in [2.45, 2.75) is 25.7 Å². The van der Waals surface area contributed by atoms with Gasteiger partial charge in [-0.3, -0.25) is 15.6 Å². The number of aryl methyl sites for hydroxylation is 1. The molecule has 1 heterocycles. The predicted octanol–water partition coefficient (Wildman–Crippen LogP) is 1.60. The third-order valence-corrected chi connectivity index (χ3v) is 4.05. The number of amides is 1. The molecule has 0 bridgehead atoms. The molecule has 1 amide bonds. The molecule has 3 rings (SSSR count). The fourth-order valence-corrected chi connectivity index (χ4v) is 2.71. The first-order valence-electron chi connectivity index (χ1n) is 7.62. The Bertz CT molecular complexity index is 729. The molecule has 1 aliphatic heterocycles. The van der Waals surface area contributed by atoms with E-state index in [1.165, 1.54) is 0 Å². The maximum atomic E-state index is 12.4. The van der Waals surface area contributed by atoms with Crippen LogP contribution in [0.15, 0.2) is 23.3 Å². The summed E-state index contributed by atoms with van der Waals surface area (Å²) in [5.41, 5.74) is 10.6. The molecule has 1 aromatic rings. The van der Waals surface area contributed by atoms with E-state index in [0.29, 0.717) is 5.69 Å². The molecule has 0 saturated heterocycles. The normalized spacial score (nSPS) is 17.2. The van der Waals surface area contributed by atoms with E-state index in [1.54, 1.807) is 6.07 Å². The standard InChI is InChI=1S/C16H18N6O/c17-9-13(15(18)19)21-20-12-5-6-14-11(8-12)2-1-7-22(14)16(23)10-3-4-10/h5-6,8,10,20H,1-4,7H2,(H3,18,19)/b21-13+. The van der Waals surface area contributed by atoms with Crippen molar-refractivity contribution in [2.24, 2.45) is 16.8 Å². The molecule has 1 aliphatic carbocycles. The Kier molecular flexibility index (Phi) is 3.98. The zero-order valence-corrected chi connectivity index (χ0v) is 12.7. The maximum absolute atomic E-state index is 12.4. The summed E-state index contributed by atoms with van der Waals surface area (Å²) in [6, 6.07) is 7.42. The van der Waals surface area contributed by atoms with Crippen LogP contribution in [0.1, 0.15) is 24.8 Å². The second-order valence-corrected chi connectivity index (χ2v) is 5.81. The van der Waals surface area contributed by atoms with E-state index in [0.717, 1.165) is 43.5 Å². The summed E-state index contributed by atoms with van der Waals surface area (Å²) in [7, 11) is 0. The first kappa shape index (κ1) is 15.0. The number of nitrogens with zero attached hydrogens (tertiary/aromatic N) is 3. The minimum Gasteiger partial charge on any atom is -0.382 e. The van der Waals surface area contributed by atoms with Gasteiger partial charge in [-0.2, -0.15) is 10.4 Å². The molecule has 118 valence electrons. The Morgan fingerprint density at radius 3 is 2.91 bits per heavy atom. The van der Waals surface area contributed by atoms with Gasteiger partial charge in [0.25, 0.3) is 0 Å². The number of anilines is 2. The average Bonchev–Trinajstić information content (AvgIpc) is 3.38. The largest absolute Gasteiger partial charge is 0.382 e. The van der Waals surface area contributed by atoms with Crippen LogP contribution in [0.5, 0.6) is 0 Å². The Hall–Kier alpha value is -2.88. The van der Waals surface area contributed by atoms with E-state index in [-0.39, 0.29) is 23.4 Å². The molecule has 0 aromatic heterocycles. The summed E-state index contributed by atoms with van der Waals surface area (Å²) in [4.78, 5) is 14.2. The number of hydrogen-bond acceptors (Lipinski definition) is 5. The van der Waals surface area contributed by atoms with Crippen LogP contribution in [-0.2, 0) is 11.2 Å². The van der Waals surface area contributed by atoms with Crippen molar-refractivity contribution in [3.05, 3.63) is 23.8 Å². The van der Waals surface area contributed by atoms with Crippen molar-refractivity contribution in [1.82, 2.24) is 0 Å². The molecule has 0 atom stereocenters. The smallest absolute Gasteiger partial charge is 0.230 e. The third kappa shape index (κ3) is 3.16. The lowest BCUT2D eigenvalue weighted by atomic mass is 10.0. The number of nitrogens with two attached hydrogens (primary N) is 1. The molecule has 4 N–H and O–H groups in total. The van der Waals surface area contributed by atoms with Crippen LogP contribution in [0.25, 0.3) is 0 Å². The fourth-order valence-electron chi connectivity index (χ4n) is 2.71. The first-order chi connectivity index (χ1) is 11.1. The third-order valence-electron chi connectivity index (χ3n) is 4.05. The SMILES string of the molecule is N#C/C(=N\Nc1ccc2c(c1)CCCN2C(=O)C1CC1)C(=N)N. The highest BCUT2D eigenvalue weighted by molar-refractivity contribution is 6.45. The molecular weight excluding hydrogens is 292 g/mol. The highest BCUT2D eigenvalue weighted by Gasteiger charge is 2.35. The molecule has 23 heavy (non-hydrogen) atoms. The zero-order chi connectivity index (χ0) is 16.4. The lowest BCUT2D eigenvalue weighted by Crippen LogP contribution is -2.36. The van der Waals surface area contributed by atoms with Crippen molar-refractivity contribution < 1.29 is 4.79 Å². The van der Waals surface area contributed by atoms with Gasteiger partial charge in [0.2, 0.25) is 11.6 Å². The van der Waals surface area contributed by atoms with Gasteiger partial charge in [-0.25, -0.2) is 0 Å². The fraction of sp³-hybridized carbons (Fsp3) is 0.375. The van der Waals surface area contributed by atoms with Crippen LogP contribution < -0.4 is 16.1 Å². The van der Waals surface area contributed by atoms with Crippen LogP contribution in [0.4, 0.5) is 11.4 Å². The Morgan fingerprint density at radius 2 is 2.26 bits per heavy atom. The van der Waals surface area contributed by atoms with Crippen LogP contribution in [0.3, 0.4) is 0 Å². The Morgan fingerprint density at radius 1 is 1.48 bits per heavy atom. The van der Waals surface area contributed by atoms with E-state index in [2.05, 4.69) is 10.5 Å². The van der Waals surface area contributed by atoms with Crippen molar-refractivity contribution >= 4 is 28.8 Å². The van der Waals surface area contributed by atoms with Gasteiger partial charge in [0.15, 0.2) is 5.84 Å². The van der Waals surface area contributed by atoms with Gasteiger partial charge in [-0.05, 0) is 49.4 Å². The second-order valence-electron chi connectivity index (χ2n) is 5.81. The molecule has 1 fully saturated rings. The van der Waals surface area contributed by atoms with Gasteiger partial charge >= 0.3 is 0 Å². The topological polar surface area (TPSA) is 118 Å². The lowest BCUT2D eigenvalue weighted by Gasteiger charge is -2.30. The summed E-state index contributed by atoms with van der Waals surface area (Å²) in [6.07, 6.45) is 3.85. The monoisotopic (exact) mass is 310 g/mol. The number of carbonyl (C=O) groups excluding carboxylic acids is 1. The summed E-state index contributed by atoms with van der Waals surface area (Å²) in [5.74, 6) is 0.0595. The van der Waals surface area contributed by atoms with E-state index in [1.807, 2.05) is 23.1 Å². The first-order valence-corrected chi connectivity index (χ1v) is 7.62. The van der Waals surface area contributed by atoms with E-state index in [4.69, 9.17) is 16.4 Å². The van der Waals surface area contributed by atoms with Gasteiger partial charge in [-0.1, -0.05) is 0 Å². The van der Waals surface area contributed by atoms with Gasteiger partial charge in [0.05, 0.1) is 5.69 Å². The number of nitrogens with one attached hydrogen (secondary N) is 2. The molecule has 7 heteroatoms. The second kappa shape index (κ2) is 6.08. The molecule has 0 unspecified atom stereocenters. The predicted molar refractivity (Wildman–Crippen MR) is 88.4 cm³/mol. The zero-order valence-electron chi connectivity index (χ0n) is 12.7. The summed E-state index contributed by atoms with van der Waals surface area (Å²) in [5, 5.41) is 19.9. The van der Waals surface area contributed by atoms with Crippen molar-refractivity contribution in [2.75, 3.05) is 16.9 Å². The van der Waals surface area contributed by atoms with Crippen molar-refractivity contribution in [3.63, 3.8) is 0 Å². The highest BCUT2D eigenvalue weighted by Crippen LogP contribution is 2.36. The number of rotatable bonds is 4. The van der Waals surface area contributed by atoms with Crippen LogP contribution >= 0.6 is 0 Å². The molecule has 2 aliphatic rings. The number of hydrogen-bond donors (Lipinski definition) is 3. The number of fused-ring (bicyclic) bond motifs is 1. The average molecular weight is 310 g/mol. The number of nitriles is 1. The van der Waals surface area contributed by atoms with Crippen molar-refractivity contribution in [3.8, 4) is 6.07 Å². The van der Waals surface area contributed by atoms with Gasteiger partial charge in [-0.15, -0.1) is 0 Å². The lowest BCUT2D eigenvalue weighted by molar-refractivity contribution is -0.119. The molecule has 1 saturated carbocycles. The minimum absolute atomic E-state index is 0.159. The van der Waals surface area contributed by atoms with Gasteiger partial charge in [0.1, 0.15) is 6.07 Å². The number of carbonyl (C=O) groups is 1. The Balaban J connectivity index is 1.80. The maximum Gasteiger partial charge on any atom is 0.230 e. The minimum atomic E-state index is -0.376. The molecule has 0 spiro atoms. The van der Waals surface area contributed by atoms with E-state index in [9.17, 15) is 4.79 Å². The van der Waals surface area contributed by atoms with Crippen LogP contribution in [0, 0.1) is 22.7 Å². The van der Waals surface area contributed by atoms with E-state index >= 15 is 0 Å². The van der Waals surface area contributed by atoms with Crippen LogP contribution in [0.2, 0.25) is 0 Å². The van der Waals surface area contributed by atoms with Crippen LogP contribution in [-0.4, -0.2) is 24.0 Å². The summed E-state index contributed by atoms with van der Waals surface area (Å²) < 4.78 is 0. The number of hydrazone groups is 1.